The summed E-state index contributed by atoms with van der Waals surface area (Å²) >= 11 is 0. The number of hydrogen-bond donors (Lipinski definition) is 3. The lowest BCUT2D eigenvalue weighted by atomic mass is 10.0. The summed E-state index contributed by atoms with van der Waals surface area (Å²) in [6, 6.07) is -0.701. The number of esters is 1. The van der Waals surface area contributed by atoms with Crippen LogP contribution in [0.2, 0.25) is 0 Å². The van der Waals surface area contributed by atoms with Crippen LogP contribution in [-0.4, -0.2) is 46.9 Å². The highest BCUT2D eigenvalue weighted by atomic mass is 16.5. The molecule has 0 radical (unpaired) electrons. The molecule has 314 valence electrons. The van der Waals surface area contributed by atoms with E-state index in [1.54, 1.807) is 0 Å². The number of nitrogens with one attached hydrogen (secondary N) is 1. The molecule has 0 aromatic carbocycles. The average molecular weight is 750 g/mol. The fourth-order valence-electron chi connectivity index (χ4n) is 7.25. The first-order valence-corrected chi connectivity index (χ1v) is 23.4. The highest BCUT2D eigenvalue weighted by molar-refractivity contribution is 5.77. The molecule has 0 aliphatic heterocycles. The van der Waals surface area contributed by atoms with Gasteiger partial charge in [0.2, 0.25) is 5.91 Å². The second-order valence-electron chi connectivity index (χ2n) is 16.2. The van der Waals surface area contributed by atoms with Gasteiger partial charge in [-0.05, 0) is 44.9 Å². The summed E-state index contributed by atoms with van der Waals surface area (Å²) in [6.07, 6.45) is 44.2. The summed E-state index contributed by atoms with van der Waals surface area (Å²) in [5.74, 6) is -0.493. The first kappa shape index (κ1) is 51.6. The fourth-order valence-corrected chi connectivity index (χ4v) is 7.25. The van der Waals surface area contributed by atoms with E-state index in [-0.39, 0.29) is 24.9 Å². The number of allylic oxidation sites excluding steroid dienone is 2. The van der Waals surface area contributed by atoms with Crippen molar-refractivity contribution in [3.8, 4) is 0 Å². The van der Waals surface area contributed by atoms with Crippen LogP contribution >= 0.6 is 0 Å². The predicted molar refractivity (Wildman–Crippen MR) is 227 cm³/mol. The molecule has 53 heavy (non-hydrogen) atoms. The van der Waals surface area contributed by atoms with Gasteiger partial charge in [-0.2, -0.15) is 0 Å². The first-order valence-electron chi connectivity index (χ1n) is 23.4. The molecular weight excluding hydrogens is 659 g/mol. The Hall–Kier alpha value is -1.40. The third-order valence-corrected chi connectivity index (χ3v) is 10.8. The van der Waals surface area contributed by atoms with E-state index in [4.69, 9.17) is 4.74 Å². The van der Waals surface area contributed by atoms with Crippen LogP contribution in [0.15, 0.2) is 12.2 Å². The topological polar surface area (TPSA) is 95.9 Å². The molecular formula is C47H91NO5. The zero-order valence-electron chi connectivity index (χ0n) is 35.7. The maximum Gasteiger partial charge on any atom is 0.306 e. The Kier molecular flexibility index (Phi) is 40.7. The minimum Gasteiger partial charge on any atom is -0.462 e. The number of ether oxygens (including phenoxy) is 1. The molecule has 6 nitrogen and oxygen atoms in total. The molecule has 0 rings (SSSR count). The van der Waals surface area contributed by atoms with Gasteiger partial charge in [0.25, 0.3) is 0 Å². The van der Waals surface area contributed by atoms with Crippen LogP contribution in [0.1, 0.15) is 252 Å². The SMILES string of the molecule is CCCCCCCC/C=C\CCCC(CC(=O)NC(CO)C(O)CCCCCCCCCCC)OC(=O)CCCCCCCCCCCCCCCC. The second-order valence-corrected chi connectivity index (χ2v) is 16.2. The predicted octanol–water partition coefficient (Wildman–Crippen LogP) is 13.4. The lowest BCUT2D eigenvalue weighted by Crippen LogP contribution is -2.46. The van der Waals surface area contributed by atoms with E-state index in [1.807, 2.05) is 0 Å². The first-order chi connectivity index (χ1) is 26.0. The molecule has 0 aromatic rings. The van der Waals surface area contributed by atoms with Crippen LogP contribution in [0.5, 0.6) is 0 Å². The Morgan fingerprint density at radius 3 is 1.38 bits per heavy atom. The summed E-state index contributed by atoms with van der Waals surface area (Å²) in [6.45, 7) is 6.45. The molecule has 0 fully saturated rings. The molecule has 0 bridgehead atoms. The minimum absolute atomic E-state index is 0.0627. The molecule has 0 aliphatic rings. The maximum atomic E-state index is 13.1. The van der Waals surface area contributed by atoms with Gasteiger partial charge in [0.1, 0.15) is 6.10 Å². The number of unbranched alkanes of at least 4 members (excludes halogenated alkanes) is 28. The Bertz CT molecular complexity index is 802. The van der Waals surface area contributed by atoms with Gasteiger partial charge in [0, 0.05) is 6.42 Å². The smallest absolute Gasteiger partial charge is 0.306 e. The lowest BCUT2D eigenvalue weighted by molar-refractivity contribution is -0.151. The third-order valence-electron chi connectivity index (χ3n) is 10.8. The molecule has 6 heteroatoms. The fraction of sp³-hybridized carbons (Fsp3) is 0.915. The summed E-state index contributed by atoms with van der Waals surface area (Å²) in [7, 11) is 0. The summed E-state index contributed by atoms with van der Waals surface area (Å²) in [5.41, 5.74) is 0. The normalized spacial score (nSPS) is 13.4. The number of amides is 1. The quantitative estimate of drug-likeness (QED) is 0.0328. The van der Waals surface area contributed by atoms with Crippen molar-refractivity contribution in [2.75, 3.05) is 6.61 Å². The van der Waals surface area contributed by atoms with E-state index in [0.29, 0.717) is 19.3 Å². The standard InChI is InChI=1S/C47H91NO5/c1-4-7-10-13-16-19-21-22-23-25-28-31-34-37-40-47(52)53-43(38-35-32-29-27-24-20-17-14-11-8-5-2)41-46(51)48-44(42-49)45(50)39-36-33-30-26-18-15-12-9-6-3/h27,29,43-45,49-50H,4-26,28,30-42H2,1-3H3,(H,48,51)/b29-27-. The van der Waals surface area contributed by atoms with Gasteiger partial charge in [0.05, 0.1) is 25.2 Å². The van der Waals surface area contributed by atoms with Crippen LogP contribution in [0, 0.1) is 0 Å². The van der Waals surface area contributed by atoms with Crippen molar-refractivity contribution in [1.82, 2.24) is 5.32 Å². The molecule has 0 saturated carbocycles. The molecule has 1 amide bonds. The van der Waals surface area contributed by atoms with Crippen molar-refractivity contribution in [2.24, 2.45) is 0 Å². The molecule has 3 N–H and O–H groups in total. The zero-order chi connectivity index (χ0) is 38.9. The van der Waals surface area contributed by atoms with Crippen LogP contribution < -0.4 is 5.32 Å². The van der Waals surface area contributed by atoms with Crippen molar-refractivity contribution >= 4 is 11.9 Å². The van der Waals surface area contributed by atoms with E-state index in [2.05, 4.69) is 38.2 Å². The van der Waals surface area contributed by atoms with E-state index in [1.165, 1.54) is 148 Å². The summed E-state index contributed by atoms with van der Waals surface area (Å²) in [4.78, 5) is 25.9. The van der Waals surface area contributed by atoms with E-state index in [9.17, 15) is 19.8 Å². The Labute approximate surface area is 329 Å². The highest BCUT2D eigenvalue weighted by Gasteiger charge is 2.24. The molecule has 0 heterocycles. The molecule has 3 atom stereocenters. The van der Waals surface area contributed by atoms with Crippen LogP contribution in [0.25, 0.3) is 0 Å². The zero-order valence-corrected chi connectivity index (χ0v) is 35.7. The third kappa shape index (κ3) is 37.3. The van der Waals surface area contributed by atoms with Gasteiger partial charge in [-0.1, -0.05) is 206 Å². The number of aliphatic hydroxyl groups is 2. The average Bonchev–Trinajstić information content (AvgIpc) is 3.15. The number of aliphatic hydroxyl groups excluding tert-OH is 2. The van der Waals surface area contributed by atoms with Gasteiger partial charge in [0.15, 0.2) is 0 Å². The lowest BCUT2D eigenvalue weighted by Gasteiger charge is -2.24. The number of carbonyl (C=O) groups is 2. The van der Waals surface area contributed by atoms with E-state index >= 15 is 0 Å². The van der Waals surface area contributed by atoms with Crippen molar-refractivity contribution in [3.63, 3.8) is 0 Å². The summed E-state index contributed by atoms with van der Waals surface area (Å²) < 4.78 is 5.89. The second kappa shape index (κ2) is 41.8. The largest absolute Gasteiger partial charge is 0.462 e. The van der Waals surface area contributed by atoms with Crippen molar-refractivity contribution in [2.45, 2.75) is 270 Å². The molecule has 0 saturated heterocycles. The highest BCUT2D eigenvalue weighted by Crippen LogP contribution is 2.17. The monoisotopic (exact) mass is 750 g/mol. The van der Waals surface area contributed by atoms with Gasteiger partial charge in [-0.3, -0.25) is 9.59 Å². The van der Waals surface area contributed by atoms with Gasteiger partial charge in [-0.25, -0.2) is 0 Å². The van der Waals surface area contributed by atoms with Gasteiger partial charge in [-0.15, -0.1) is 0 Å². The number of carbonyl (C=O) groups excluding carboxylic acids is 2. The van der Waals surface area contributed by atoms with Gasteiger partial charge < -0.3 is 20.3 Å². The molecule has 0 aromatic heterocycles. The molecule has 3 unspecified atom stereocenters. The van der Waals surface area contributed by atoms with E-state index in [0.717, 1.165) is 57.8 Å². The van der Waals surface area contributed by atoms with Crippen LogP contribution in [-0.2, 0) is 14.3 Å². The molecule has 0 aliphatic carbocycles. The Balaban J connectivity index is 4.56. The van der Waals surface area contributed by atoms with Crippen molar-refractivity contribution in [1.29, 1.82) is 0 Å². The Morgan fingerprint density at radius 1 is 0.528 bits per heavy atom. The Morgan fingerprint density at radius 2 is 0.925 bits per heavy atom. The van der Waals surface area contributed by atoms with E-state index < -0.39 is 18.2 Å². The summed E-state index contributed by atoms with van der Waals surface area (Å²) in [5, 5.41) is 23.6. The minimum atomic E-state index is -0.786. The van der Waals surface area contributed by atoms with Crippen molar-refractivity contribution < 1.29 is 24.5 Å². The molecule has 0 spiro atoms. The van der Waals surface area contributed by atoms with Crippen molar-refractivity contribution in [3.05, 3.63) is 12.2 Å². The van der Waals surface area contributed by atoms with Crippen LogP contribution in [0.3, 0.4) is 0 Å². The van der Waals surface area contributed by atoms with Crippen LogP contribution in [0.4, 0.5) is 0 Å². The number of hydrogen-bond acceptors (Lipinski definition) is 5. The van der Waals surface area contributed by atoms with Gasteiger partial charge >= 0.3 is 5.97 Å². The number of rotatable bonds is 42. The maximum absolute atomic E-state index is 13.1.